The number of ether oxygens (including phenoxy) is 1. The van der Waals surface area contributed by atoms with Crippen LogP contribution in [-0.4, -0.2) is 67.7 Å². The van der Waals surface area contributed by atoms with Crippen LogP contribution < -0.4 is 0 Å². The minimum Gasteiger partial charge on any atom is -0.480 e. The minimum atomic E-state index is -3.00. The topological polar surface area (TPSA) is 83.9 Å². The molecule has 3 unspecified atom stereocenters. The van der Waals surface area contributed by atoms with Crippen LogP contribution in [0.4, 0.5) is 0 Å². The molecule has 3 atom stereocenters. The summed E-state index contributed by atoms with van der Waals surface area (Å²) >= 11 is 0. The molecule has 2 heterocycles. The van der Waals surface area contributed by atoms with Gasteiger partial charge in [-0.25, -0.2) is 8.42 Å². The van der Waals surface area contributed by atoms with E-state index < -0.39 is 15.8 Å². The molecule has 19 heavy (non-hydrogen) atoms. The highest BCUT2D eigenvalue weighted by Gasteiger charge is 2.38. The molecule has 2 fully saturated rings. The van der Waals surface area contributed by atoms with Gasteiger partial charge in [-0.05, 0) is 18.8 Å². The maximum atomic E-state index is 11.6. The first kappa shape index (κ1) is 14.7. The van der Waals surface area contributed by atoms with Gasteiger partial charge in [-0.3, -0.25) is 9.69 Å². The summed E-state index contributed by atoms with van der Waals surface area (Å²) in [7, 11) is -3.00. The molecule has 0 aromatic carbocycles. The Bertz CT molecular complexity index is 435. The maximum absolute atomic E-state index is 11.6. The molecule has 0 spiro atoms. The number of carboxylic acid groups (broad SMARTS) is 1. The highest BCUT2D eigenvalue weighted by Crippen LogP contribution is 2.27. The summed E-state index contributed by atoms with van der Waals surface area (Å²) in [5, 5.41) is 9.07. The summed E-state index contributed by atoms with van der Waals surface area (Å²) in [6.07, 6.45) is 1.31. The van der Waals surface area contributed by atoms with Crippen LogP contribution in [0.3, 0.4) is 0 Å². The quantitative estimate of drug-likeness (QED) is 0.784. The molecule has 2 saturated heterocycles. The third-order valence-corrected chi connectivity index (χ3v) is 5.77. The van der Waals surface area contributed by atoms with Crippen LogP contribution in [0.25, 0.3) is 0 Å². The van der Waals surface area contributed by atoms with Crippen LogP contribution in [0.1, 0.15) is 19.8 Å². The van der Waals surface area contributed by atoms with Crippen LogP contribution in [0, 0.1) is 5.92 Å². The fourth-order valence-corrected chi connectivity index (χ4v) is 4.81. The first-order valence-electron chi connectivity index (χ1n) is 6.65. The van der Waals surface area contributed by atoms with Crippen molar-refractivity contribution in [3.63, 3.8) is 0 Å². The van der Waals surface area contributed by atoms with Crippen molar-refractivity contribution in [1.29, 1.82) is 0 Å². The van der Waals surface area contributed by atoms with Gasteiger partial charge in [0.05, 0.1) is 24.7 Å². The van der Waals surface area contributed by atoms with E-state index in [9.17, 15) is 13.2 Å². The first-order valence-corrected chi connectivity index (χ1v) is 8.47. The van der Waals surface area contributed by atoms with Crippen molar-refractivity contribution in [3.8, 4) is 0 Å². The molecule has 6 nitrogen and oxygen atoms in total. The Morgan fingerprint density at radius 3 is 2.68 bits per heavy atom. The summed E-state index contributed by atoms with van der Waals surface area (Å²) in [4.78, 5) is 12.9. The van der Waals surface area contributed by atoms with E-state index in [1.807, 2.05) is 11.8 Å². The van der Waals surface area contributed by atoms with E-state index in [0.29, 0.717) is 19.6 Å². The van der Waals surface area contributed by atoms with E-state index in [0.717, 1.165) is 6.42 Å². The second-order valence-corrected chi connectivity index (χ2v) is 7.76. The third-order valence-electron chi connectivity index (χ3n) is 4.02. The lowest BCUT2D eigenvalue weighted by Crippen LogP contribution is -2.52. The normalized spacial score (nSPS) is 34.5. The third kappa shape index (κ3) is 3.67. The largest absolute Gasteiger partial charge is 0.480 e. The van der Waals surface area contributed by atoms with E-state index in [2.05, 4.69) is 0 Å². The molecule has 1 N–H and O–H groups in total. The Labute approximate surface area is 113 Å². The van der Waals surface area contributed by atoms with E-state index in [1.54, 1.807) is 0 Å². The number of nitrogens with zero attached hydrogens (tertiary/aromatic N) is 1. The van der Waals surface area contributed by atoms with Gasteiger partial charge in [0.25, 0.3) is 0 Å². The van der Waals surface area contributed by atoms with Gasteiger partial charge in [0.15, 0.2) is 9.84 Å². The Morgan fingerprint density at radius 2 is 2.16 bits per heavy atom. The van der Waals surface area contributed by atoms with Crippen molar-refractivity contribution in [2.75, 3.05) is 31.3 Å². The van der Waals surface area contributed by atoms with Crippen LogP contribution >= 0.6 is 0 Å². The second-order valence-electron chi connectivity index (χ2n) is 5.53. The molecule has 0 aromatic rings. The van der Waals surface area contributed by atoms with E-state index in [1.165, 1.54) is 0 Å². The molecular weight excluding hydrogens is 270 g/mol. The van der Waals surface area contributed by atoms with Gasteiger partial charge in [0.2, 0.25) is 0 Å². The summed E-state index contributed by atoms with van der Waals surface area (Å²) in [5.74, 6) is -0.408. The zero-order valence-electron chi connectivity index (χ0n) is 11.1. The molecule has 2 rings (SSSR count). The van der Waals surface area contributed by atoms with Crippen molar-refractivity contribution in [3.05, 3.63) is 0 Å². The van der Waals surface area contributed by atoms with Crippen molar-refractivity contribution in [1.82, 2.24) is 4.90 Å². The Balaban J connectivity index is 2.13. The molecule has 0 amide bonds. The first-order chi connectivity index (χ1) is 8.89. The predicted octanol–water partition coefficient (Wildman–Crippen LogP) is -0.0149. The molecular formula is C12H21NO5S. The SMILES string of the molecule is CC1COCCC1N(CC(=O)O)C1CCS(=O)(=O)C1. The highest BCUT2D eigenvalue weighted by atomic mass is 32.2. The number of aliphatic carboxylic acids is 1. The van der Waals surface area contributed by atoms with E-state index in [-0.39, 0.29) is 36.1 Å². The summed E-state index contributed by atoms with van der Waals surface area (Å²) in [5.41, 5.74) is 0. The smallest absolute Gasteiger partial charge is 0.317 e. The van der Waals surface area contributed by atoms with Crippen LogP contribution in [0.5, 0.6) is 0 Å². The van der Waals surface area contributed by atoms with Crippen molar-refractivity contribution >= 4 is 15.8 Å². The van der Waals surface area contributed by atoms with Gasteiger partial charge >= 0.3 is 5.97 Å². The van der Waals surface area contributed by atoms with Gasteiger partial charge in [0.1, 0.15) is 0 Å². The summed E-state index contributed by atoms with van der Waals surface area (Å²) in [6.45, 7) is 3.17. The zero-order chi connectivity index (χ0) is 14.0. The number of rotatable bonds is 4. The van der Waals surface area contributed by atoms with Gasteiger partial charge in [-0.1, -0.05) is 6.92 Å². The molecule has 110 valence electrons. The van der Waals surface area contributed by atoms with E-state index in [4.69, 9.17) is 9.84 Å². The predicted molar refractivity (Wildman–Crippen MR) is 69.8 cm³/mol. The van der Waals surface area contributed by atoms with Gasteiger partial charge in [-0.2, -0.15) is 0 Å². The Kier molecular flexibility index (Phi) is 4.47. The molecule has 2 aliphatic rings. The fourth-order valence-electron chi connectivity index (χ4n) is 3.07. The lowest BCUT2D eigenvalue weighted by molar-refractivity contribution is -0.141. The van der Waals surface area contributed by atoms with Crippen LogP contribution in [-0.2, 0) is 19.4 Å². The molecule has 0 aromatic heterocycles. The fraction of sp³-hybridized carbons (Fsp3) is 0.917. The minimum absolute atomic E-state index is 0.0877. The highest BCUT2D eigenvalue weighted by molar-refractivity contribution is 7.91. The van der Waals surface area contributed by atoms with Gasteiger partial charge in [-0.15, -0.1) is 0 Å². The number of carboxylic acids is 1. The van der Waals surface area contributed by atoms with Gasteiger partial charge < -0.3 is 9.84 Å². The number of hydrogen-bond donors (Lipinski definition) is 1. The number of carbonyl (C=O) groups is 1. The summed E-state index contributed by atoms with van der Waals surface area (Å²) in [6, 6.07) is -0.0604. The van der Waals surface area contributed by atoms with Gasteiger partial charge in [0, 0.05) is 18.7 Å². The zero-order valence-corrected chi connectivity index (χ0v) is 11.9. The molecule has 7 heteroatoms. The van der Waals surface area contributed by atoms with Crippen LogP contribution in [0.2, 0.25) is 0 Å². The molecule has 0 saturated carbocycles. The lowest BCUT2D eigenvalue weighted by Gasteiger charge is -2.40. The number of sulfone groups is 1. The van der Waals surface area contributed by atoms with E-state index >= 15 is 0 Å². The van der Waals surface area contributed by atoms with Crippen LogP contribution in [0.15, 0.2) is 0 Å². The Morgan fingerprint density at radius 1 is 1.42 bits per heavy atom. The molecule has 0 aliphatic carbocycles. The number of hydrogen-bond acceptors (Lipinski definition) is 5. The molecule has 0 bridgehead atoms. The lowest BCUT2D eigenvalue weighted by atomic mass is 9.94. The monoisotopic (exact) mass is 291 g/mol. The van der Waals surface area contributed by atoms with Crippen molar-refractivity contribution in [2.24, 2.45) is 5.92 Å². The maximum Gasteiger partial charge on any atom is 0.317 e. The average molecular weight is 291 g/mol. The van der Waals surface area contributed by atoms with Crippen molar-refractivity contribution in [2.45, 2.75) is 31.8 Å². The standard InChI is InChI=1S/C12H21NO5S/c1-9-7-18-4-2-11(9)13(6-12(14)15)10-3-5-19(16,17)8-10/h9-11H,2-8H2,1H3,(H,14,15). The molecule has 2 aliphatic heterocycles. The average Bonchev–Trinajstić information content (AvgIpc) is 2.67. The molecule has 0 radical (unpaired) electrons. The Hall–Kier alpha value is -0.660. The summed E-state index contributed by atoms with van der Waals surface area (Å²) < 4.78 is 28.6. The van der Waals surface area contributed by atoms with Crippen molar-refractivity contribution < 1.29 is 23.1 Å². The second kappa shape index (κ2) is 5.76.